The van der Waals surface area contributed by atoms with Crippen molar-refractivity contribution in [2.75, 3.05) is 5.75 Å². The SMILES string of the molecule is CCCCCCCCCCCSc1cccnc1C(Oc1ccc(C(=O)O)cc1)C(=O)O. The Hall–Kier alpha value is -2.54. The van der Waals surface area contributed by atoms with Gasteiger partial charge in [0.2, 0.25) is 6.10 Å². The highest BCUT2D eigenvalue weighted by atomic mass is 32.2. The number of aliphatic carboxylic acids is 1. The monoisotopic (exact) mass is 459 g/mol. The number of carboxylic acid groups (broad SMARTS) is 2. The second kappa shape index (κ2) is 14.5. The fraction of sp³-hybridized carbons (Fsp3) is 0.480. The number of hydrogen-bond donors (Lipinski definition) is 2. The third kappa shape index (κ3) is 8.91. The van der Waals surface area contributed by atoms with Gasteiger partial charge in [-0.2, -0.15) is 0 Å². The maximum atomic E-state index is 11.9. The molecule has 0 spiro atoms. The first-order valence-electron chi connectivity index (χ1n) is 11.3. The molecule has 0 amide bonds. The summed E-state index contributed by atoms with van der Waals surface area (Å²) < 4.78 is 5.67. The molecule has 0 aliphatic heterocycles. The topological polar surface area (TPSA) is 96.7 Å². The van der Waals surface area contributed by atoms with Crippen molar-refractivity contribution in [1.29, 1.82) is 0 Å². The molecule has 0 bridgehead atoms. The Morgan fingerprint density at radius 3 is 2.16 bits per heavy atom. The van der Waals surface area contributed by atoms with Crippen LogP contribution in [-0.4, -0.2) is 32.9 Å². The Labute approximate surface area is 194 Å². The molecular weight excluding hydrogens is 426 g/mol. The van der Waals surface area contributed by atoms with Crippen LogP contribution in [0.4, 0.5) is 0 Å². The van der Waals surface area contributed by atoms with E-state index in [-0.39, 0.29) is 11.3 Å². The number of pyridine rings is 1. The Bertz CT molecular complexity index is 840. The summed E-state index contributed by atoms with van der Waals surface area (Å²) in [4.78, 5) is 28.0. The molecule has 2 aromatic rings. The Morgan fingerprint density at radius 2 is 1.56 bits per heavy atom. The number of nitrogens with zero attached hydrogens (tertiary/aromatic N) is 1. The molecule has 1 atom stereocenters. The number of carbonyl (C=O) groups is 2. The van der Waals surface area contributed by atoms with E-state index in [9.17, 15) is 14.7 Å². The van der Waals surface area contributed by atoms with Crippen LogP contribution in [0.25, 0.3) is 0 Å². The van der Waals surface area contributed by atoms with Gasteiger partial charge in [0.05, 0.1) is 5.56 Å². The van der Waals surface area contributed by atoms with Crippen molar-refractivity contribution < 1.29 is 24.5 Å². The average Bonchev–Trinajstić information content (AvgIpc) is 2.79. The zero-order chi connectivity index (χ0) is 23.2. The Kier molecular flexibility index (Phi) is 11.7. The van der Waals surface area contributed by atoms with Gasteiger partial charge in [-0.15, -0.1) is 11.8 Å². The number of hydrogen-bond acceptors (Lipinski definition) is 5. The minimum atomic E-state index is -1.27. The van der Waals surface area contributed by atoms with Crippen LogP contribution in [0.1, 0.15) is 86.9 Å². The summed E-state index contributed by atoms with van der Waals surface area (Å²) in [6.07, 6.45) is 11.6. The van der Waals surface area contributed by atoms with Crippen molar-refractivity contribution in [1.82, 2.24) is 4.98 Å². The fourth-order valence-electron chi connectivity index (χ4n) is 3.35. The van der Waals surface area contributed by atoms with Crippen LogP contribution >= 0.6 is 11.8 Å². The number of unbranched alkanes of at least 4 members (excludes halogenated alkanes) is 8. The zero-order valence-corrected chi connectivity index (χ0v) is 19.5. The summed E-state index contributed by atoms with van der Waals surface area (Å²) >= 11 is 1.60. The quantitative estimate of drug-likeness (QED) is 0.215. The first-order valence-corrected chi connectivity index (χ1v) is 12.3. The molecule has 1 aromatic heterocycles. The molecule has 2 N–H and O–H groups in total. The van der Waals surface area contributed by atoms with E-state index in [0.717, 1.165) is 17.1 Å². The highest BCUT2D eigenvalue weighted by Gasteiger charge is 2.26. The maximum Gasteiger partial charge on any atom is 0.351 e. The van der Waals surface area contributed by atoms with E-state index in [1.54, 1.807) is 24.0 Å². The van der Waals surface area contributed by atoms with Crippen molar-refractivity contribution >= 4 is 23.7 Å². The maximum absolute atomic E-state index is 11.9. The van der Waals surface area contributed by atoms with Crippen LogP contribution < -0.4 is 4.74 Å². The van der Waals surface area contributed by atoms with E-state index in [4.69, 9.17) is 9.84 Å². The molecule has 0 fully saturated rings. The molecule has 1 aromatic carbocycles. The van der Waals surface area contributed by atoms with E-state index in [0.29, 0.717) is 5.69 Å². The average molecular weight is 460 g/mol. The Morgan fingerprint density at radius 1 is 0.938 bits per heavy atom. The number of thioether (sulfide) groups is 1. The minimum Gasteiger partial charge on any atom is -0.478 e. The largest absolute Gasteiger partial charge is 0.478 e. The van der Waals surface area contributed by atoms with Crippen LogP contribution in [0.5, 0.6) is 5.75 Å². The lowest BCUT2D eigenvalue weighted by Gasteiger charge is -2.17. The van der Waals surface area contributed by atoms with Crippen molar-refractivity contribution in [2.45, 2.75) is 75.7 Å². The summed E-state index contributed by atoms with van der Waals surface area (Å²) in [5.41, 5.74) is 0.475. The Balaban J connectivity index is 1.87. The molecule has 174 valence electrons. The second-order valence-corrected chi connectivity index (χ2v) is 8.87. The fourth-order valence-corrected chi connectivity index (χ4v) is 4.40. The van der Waals surface area contributed by atoms with Gasteiger partial charge in [-0.05, 0) is 48.6 Å². The first-order chi connectivity index (χ1) is 15.5. The highest BCUT2D eigenvalue weighted by Crippen LogP contribution is 2.30. The van der Waals surface area contributed by atoms with Gasteiger partial charge < -0.3 is 14.9 Å². The van der Waals surface area contributed by atoms with Gasteiger partial charge in [-0.1, -0.05) is 58.3 Å². The van der Waals surface area contributed by atoms with Gasteiger partial charge in [-0.3, -0.25) is 4.98 Å². The van der Waals surface area contributed by atoms with Crippen LogP contribution in [0.2, 0.25) is 0 Å². The molecule has 0 saturated carbocycles. The first kappa shape index (κ1) is 25.7. The van der Waals surface area contributed by atoms with Crippen LogP contribution in [0, 0.1) is 0 Å². The summed E-state index contributed by atoms with van der Waals surface area (Å²) in [7, 11) is 0. The molecule has 0 radical (unpaired) electrons. The molecule has 32 heavy (non-hydrogen) atoms. The standard InChI is InChI=1S/C25H33NO5S/c1-2-3-4-5-6-7-8-9-10-18-32-21-12-11-17-26-22(21)23(25(29)30)31-20-15-13-19(14-16-20)24(27)28/h11-17,23H,2-10,18H2,1H3,(H,27,28)(H,29,30). The number of benzene rings is 1. The number of aromatic carboxylic acids is 1. The van der Waals surface area contributed by atoms with E-state index in [2.05, 4.69) is 11.9 Å². The lowest BCUT2D eigenvalue weighted by molar-refractivity contribution is -0.145. The number of rotatable bonds is 16. The normalized spacial score (nSPS) is 11.8. The summed E-state index contributed by atoms with van der Waals surface area (Å²) in [5.74, 6) is -1.01. The van der Waals surface area contributed by atoms with Crippen molar-refractivity contribution in [3.63, 3.8) is 0 Å². The molecular formula is C25H33NO5S. The molecule has 1 heterocycles. The van der Waals surface area contributed by atoms with Crippen molar-refractivity contribution in [3.8, 4) is 5.75 Å². The summed E-state index contributed by atoms with van der Waals surface area (Å²) in [6.45, 7) is 2.23. The van der Waals surface area contributed by atoms with Crippen LogP contribution in [0.3, 0.4) is 0 Å². The van der Waals surface area contributed by atoms with E-state index >= 15 is 0 Å². The molecule has 1 unspecified atom stereocenters. The van der Waals surface area contributed by atoms with Crippen molar-refractivity contribution in [3.05, 3.63) is 53.9 Å². The number of aromatic nitrogens is 1. The third-order valence-electron chi connectivity index (χ3n) is 5.13. The molecule has 0 saturated heterocycles. The number of carboxylic acids is 2. The van der Waals surface area contributed by atoms with Gasteiger partial charge in [-0.25, -0.2) is 9.59 Å². The molecule has 0 aliphatic carbocycles. The van der Waals surface area contributed by atoms with Crippen LogP contribution in [-0.2, 0) is 4.79 Å². The second-order valence-electron chi connectivity index (χ2n) is 7.73. The van der Waals surface area contributed by atoms with Gasteiger partial charge in [0.25, 0.3) is 0 Å². The van der Waals surface area contributed by atoms with E-state index in [1.165, 1.54) is 75.6 Å². The van der Waals surface area contributed by atoms with Crippen LogP contribution in [0.15, 0.2) is 47.5 Å². The molecule has 0 aliphatic rings. The summed E-state index contributed by atoms with van der Waals surface area (Å²) in [5, 5.41) is 18.7. The van der Waals surface area contributed by atoms with E-state index < -0.39 is 18.0 Å². The number of ether oxygens (including phenoxy) is 1. The van der Waals surface area contributed by atoms with E-state index in [1.807, 2.05) is 6.07 Å². The lowest BCUT2D eigenvalue weighted by Crippen LogP contribution is -2.20. The third-order valence-corrected chi connectivity index (χ3v) is 6.28. The van der Waals surface area contributed by atoms with Crippen molar-refractivity contribution in [2.24, 2.45) is 0 Å². The minimum absolute atomic E-state index is 0.110. The highest BCUT2D eigenvalue weighted by molar-refractivity contribution is 7.99. The van der Waals surface area contributed by atoms with Gasteiger partial charge in [0.15, 0.2) is 0 Å². The lowest BCUT2D eigenvalue weighted by atomic mass is 10.1. The predicted molar refractivity (Wildman–Crippen MR) is 127 cm³/mol. The smallest absolute Gasteiger partial charge is 0.351 e. The van der Waals surface area contributed by atoms with Gasteiger partial charge in [0, 0.05) is 11.1 Å². The predicted octanol–water partition coefficient (Wildman–Crippen LogP) is 6.61. The van der Waals surface area contributed by atoms with Gasteiger partial charge >= 0.3 is 11.9 Å². The molecule has 7 heteroatoms. The zero-order valence-electron chi connectivity index (χ0n) is 18.7. The summed E-state index contributed by atoms with van der Waals surface area (Å²) in [6, 6.07) is 9.34. The van der Waals surface area contributed by atoms with Gasteiger partial charge in [0.1, 0.15) is 11.4 Å². The molecule has 2 rings (SSSR count). The molecule has 6 nitrogen and oxygen atoms in total.